The first-order valence-corrected chi connectivity index (χ1v) is 8.16. The van der Waals surface area contributed by atoms with Gasteiger partial charge in [0.05, 0.1) is 5.56 Å². The Hall–Kier alpha value is -2.27. The zero-order valence-electron chi connectivity index (χ0n) is 13.4. The van der Waals surface area contributed by atoms with Crippen LogP contribution in [0.25, 0.3) is 0 Å². The van der Waals surface area contributed by atoms with E-state index in [0.29, 0.717) is 6.54 Å². The first-order valence-electron chi connectivity index (χ1n) is 8.16. The molecule has 0 bridgehead atoms. The van der Waals surface area contributed by atoms with Crippen LogP contribution in [-0.4, -0.2) is 23.9 Å². The zero-order chi connectivity index (χ0) is 16.9. The van der Waals surface area contributed by atoms with Crippen LogP contribution >= 0.6 is 0 Å². The minimum atomic E-state index is -0.849. The van der Waals surface area contributed by atoms with E-state index < -0.39 is 17.5 Å². The number of hydrogen-bond acceptors (Lipinski definition) is 2. The summed E-state index contributed by atoms with van der Waals surface area (Å²) in [6.07, 6.45) is 2.45. The number of rotatable bonds is 5. The molecule has 1 fully saturated rings. The zero-order valence-corrected chi connectivity index (χ0v) is 13.4. The standard InChI is InChI=1S/C19H20F2N2O/c20-16-7-8-17(18(21)11-16)19(24)22-12-14-5-1-2-6-15(14)13-23-9-3-4-10-23/h1-2,5-8,11H,3-4,9-10,12-13H2,(H,22,24). The van der Waals surface area contributed by atoms with Gasteiger partial charge in [-0.2, -0.15) is 0 Å². The van der Waals surface area contributed by atoms with E-state index in [9.17, 15) is 13.6 Å². The minimum absolute atomic E-state index is 0.145. The summed E-state index contributed by atoms with van der Waals surface area (Å²) in [5.41, 5.74) is 2.04. The van der Waals surface area contributed by atoms with Crippen molar-refractivity contribution >= 4 is 5.91 Å². The van der Waals surface area contributed by atoms with E-state index in [-0.39, 0.29) is 5.56 Å². The summed E-state index contributed by atoms with van der Waals surface area (Å²) in [7, 11) is 0. The number of likely N-dealkylation sites (tertiary alicyclic amines) is 1. The van der Waals surface area contributed by atoms with Crippen LogP contribution in [0.4, 0.5) is 8.78 Å². The Balaban J connectivity index is 1.66. The van der Waals surface area contributed by atoms with Gasteiger partial charge in [0.15, 0.2) is 0 Å². The maximum absolute atomic E-state index is 13.7. The van der Waals surface area contributed by atoms with Gasteiger partial charge in [-0.1, -0.05) is 24.3 Å². The molecule has 24 heavy (non-hydrogen) atoms. The van der Waals surface area contributed by atoms with Crippen LogP contribution in [0.1, 0.15) is 34.3 Å². The summed E-state index contributed by atoms with van der Waals surface area (Å²) in [6, 6.07) is 10.9. The summed E-state index contributed by atoms with van der Waals surface area (Å²) in [4.78, 5) is 14.5. The largest absolute Gasteiger partial charge is 0.348 e. The molecule has 0 spiro atoms. The van der Waals surface area contributed by atoms with Crippen molar-refractivity contribution < 1.29 is 13.6 Å². The number of amides is 1. The predicted molar refractivity (Wildman–Crippen MR) is 88.5 cm³/mol. The molecule has 3 rings (SSSR count). The summed E-state index contributed by atoms with van der Waals surface area (Å²) in [5.74, 6) is -2.08. The van der Waals surface area contributed by atoms with Gasteiger partial charge in [-0.15, -0.1) is 0 Å². The van der Waals surface area contributed by atoms with E-state index in [1.54, 1.807) is 0 Å². The molecule has 2 aromatic rings. The SMILES string of the molecule is O=C(NCc1ccccc1CN1CCCC1)c1ccc(F)cc1F. The molecule has 2 aromatic carbocycles. The van der Waals surface area contributed by atoms with Gasteiger partial charge in [-0.3, -0.25) is 9.69 Å². The average Bonchev–Trinajstić information content (AvgIpc) is 3.07. The maximum atomic E-state index is 13.7. The van der Waals surface area contributed by atoms with Crippen molar-refractivity contribution in [3.05, 3.63) is 70.8 Å². The van der Waals surface area contributed by atoms with Crippen molar-refractivity contribution in [3.63, 3.8) is 0 Å². The molecule has 3 nitrogen and oxygen atoms in total. The highest BCUT2D eigenvalue weighted by Gasteiger charge is 2.15. The normalized spacial score (nSPS) is 14.8. The first kappa shape index (κ1) is 16.6. The number of carbonyl (C=O) groups excluding carboxylic acids is 1. The van der Waals surface area contributed by atoms with Gasteiger partial charge in [0.1, 0.15) is 11.6 Å². The van der Waals surface area contributed by atoms with Crippen LogP contribution in [0.3, 0.4) is 0 Å². The van der Waals surface area contributed by atoms with Crippen molar-refractivity contribution in [2.24, 2.45) is 0 Å². The van der Waals surface area contributed by atoms with Crippen molar-refractivity contribution in [2.45, 2.75) is 25.9 Å². The molecule has 1 aliphatic heterocycles. The van der Waals surface area contributed by atoms with E-state index in [1.165, 1.54) is 18.4 Å². The highest BCUT2D eigenvalue weighted by Crippen LogP contribution is 2.16. The molecule has 0 aliphatic carbocycles. The van der Waals surface area contributed by atoms with Gasteiger partial charge in [-0.25, -0.2) is 8.78 Å². The smallest absolute Gasteiger partial charge is 0.254 e. The first-order chi connectivity index (χ1) is 11.6. The monoisotopic (exact) mass is 330 g/mol. The van der Waals surface area contributed by atoms with Crippen LogP contribution in [0.2, 0.25) is 0 Å². The third-order valence-electron chi connectivity index (χ3n) is 4.33. The van der Waals surface area contributed by atoms with Crippen molar-refractivity contribution in [3.8, 4) is 0 Å². The summed E-state index contributed by atoms with van der Waals surface area (Å²) < 4.78 is 26.6. The fourth-order valence-electron chi connectivity index (χ4n) is 3.01. The molecule has 0 saturated carbocycles. The number of nitrogens with one attached hydrogen (secondary N) is 1. The number of carbonyl (C=O) groups is 1. The lowest BCUT2D eigenvalue weighted by molar-refractivity contribution is 0.0946. The summed E-state index contributed by atoms with van der Waals surface area (Å²) in [5, 5.41) is 2.72. The van der Waals surface area contributed by atoms with Crippen molar-refractivity contribution in [1.29, 1.82) is 0 Å². The third kappa shape index (κ3) is 3.97. The van der Waals surface area contributed by atoms with Crippen LogP contribution in [0, 0.1) is 11.6 Å². The van der Waals surface area contributed by atoms with Gasteiger partial charge in [-0.05, 0) is 49.2 Å². The van der Waals surface area contributed by atoms with E-state index in [4.69, 9.17) is 0 Å². The summed E-state index contributed by atoms with van der Waals surface area (Å²) in [6.45, 7) is 3.37. The number of benzene rings is 2. The van der Waals surface area contributed by atoms with Gasteiger partial charge in [0.2, 0.25) is 0 Å². The molecule has 0 radical (unpaired) electrons. The molecule has 5 heteroatoms. The number of nitrogens with zero attached hydrogens (tertiary/aromatic N) is 1. The second-order valence-corrected chi connectivity index (χ2v) is 6.06. The number of hydrogen-bond donors (Lipinski definition) is 1. The molecule has 1 N–H and O–H groups in total. The Morgan fingerprint density at radius 1 is 1.04 bits per heavy atom. The van der Waals surface area contributed by atoms with E-state index in [0.717, 1.165) is 43.4 Å². The fraction of sp³-hybridized carbons (Fsp3) is 0.316. The topological polar surface area (TPSA) is 32.3 Å². The Bertz CT molecular complexity index is 727. The lowest BCUT2D eigenvalue weighted by Gasteiger charge is -2.17. The molecule has 126 valence electrons. The molecule has 0 unspecified atom stereocenters. The van der Waals surface area contributed by atoms with Crippen LogP contribution in [-0.2, 0) is 13.1 Å². The highest BCUT2D eigenvalue weighted by molar-refractivity contribution is 5.94. The fourth-order valence-corrected chi connectivity index (χ4v) is 3.01. The van der Waals surface area contributed by atoms with Crippen molar-refractivity contribution in [1.82, 2.24) is 10.2 Å². The number of halogens is 2. The quantitative estimate of drug-likeness (QED) is 0.910. The molecular weight excluding hydrogens is 310 g/mol. The Labute approximate surface area is 140 Å². The molecule has 1 saturated heterocycles. The van der Waals surface area contributed by atoms with Gasteiger partial charge >= 0.3 is 0 Å². The Kier molecular flexibility index (Phi) is 5.20. The van der Waals surface area contributed by atoms with Crippen molar-refractivity contribution in [2.75, 3.05) is 13.1 Å². The lowest BCUT2D eigenvalue weighted by atomic mass is 10.1. The van der Waals surface area contributed by atoms with Gasteiger partial charge in [0, 0.05) is 19.2 Å². The Morgan fingerprint density at radius 2 is 1.75 bits per heavy atom. The average molecular weight is 330 g/mol. The molecule has 0 aromatic heterocycles. The van der Waals surface area contributed by atoms with E-state index >= 15 is 0 Å². The second-order valence-electron chi connectivity index (χ2n) is 6.06. The second kappa shape index (κ2) is 7.53. The molecule has 1 aliphatic rings. The van der Waals surface area contributed by atoms with E-state index in [2.05, 4.69) is 16.3 Å². The van der Waals surface area contributed by atoms with Crippen LogP contribution in [0.15, 0.2) is 42.5 Å². The molecule has 1 heterocycles. The van der Waals surface area contributed by atoms with Gasteiger partial charge in [0.25, 0.3) is 5.91 Å². The maximum Gasteiger partial charge on any atom is 0.254 e. The van der Waals surface area contributed by atoms with Crippen LogP contribution in [0.5, 0.6) is 0 Å². The third-order valence-corrected chi connectivity index (χ3v) is 4.33. The summed E-state index contributed by atoms with van der Waals surface area (Å²) >= 11 is 0. The highest BCUT2D eigenvalue weighted by atomic mass is 19.1. The molecule has 1 amide bonds. The minimum Gasteiger partial charge on any atom is -0.348 e. The predicted octanol–water partition coefficient (Wildman–Crippen LogP) is 3.49. The molecular formula is C19H20F2N2O. The lowest BCUT2D eigenvalue weighted by Crippen LogP contribution is -2.25. The van der Waals surface area contributed by atoms with E-state index in [1.807, 2.05) is 18.2 Å². The van der Waals surface area contributed by atoms with Crippen LogP contribution < -0.4 is 5.32 Å². The van der Waals surface area contributed by atoms with Gasteiger partial charge < -0.3 is 5.32 Å². The molecule has 0 atom stereocenters. The Morgan fingerprint density at radius 3 is 2.46 bits per heavy atom.